The molecule has 5 nitrogen and oxygen atoms in total. The maximum absolute atomic E-state index is 12.1. The van der Waals surface area contributed by atoms with Crippen molar-refractivity contribution in [2.24, 2.45) is 4.99 Å². The maximum atomic E-state index is 12.1. The zero-order chi connectivity index (χ0) is 16.7. The van der Waals surface area contributed by atoms with Crippen LogP contribution in [0.1, 0.15) is 11.1 Å². The molecule has 0 saturated carbocycles. The number of halogens is 2. The van der Waals surface area contributed by atoms with Crippen molar-refractivity contribution in [2.75, 3.05) is 6.79 Å². The molecule has 2 aromatic carbocycles. The molecule has 0 saturated heterocycles. The molecule has 2 aromatic rings. The van der Waals surface area contributed by atoms with Gasteiger partial charge in [0.15, 0.2) is 17.2 Å². The molecule has 0 unspecified atom stereocenters. The standard InChI is InChI=1S/C17H9Br2NO4/c18-11-3-1-9(2-4-11)16-20-13(17(21)24-16)5-10-6-14-15(7-12(10)19)23-8-22-14/h1-7H,8H2/b13-5+. The molecule has 0 fully saturated rings. The van der Waals surface area contributed by atoms with Crippen LogP contribution in [0.25, 0.3) is 6.08 Å². The van der Waals surface area contributed by atoms with Crippen molar-refractivity contribution in [3.05, 3.63) is 62.2 Å². The highest BCUT2D eigenvalue weighted by molar-refractivity contribution is 9.10. The molecule has 2 aliphatic rings. The van der Waals surface area contributed by atoms with Crippen molar-refractivity contribution in [3.63, 3.8) is 0 Å². The average molecular weight is 451 g/mol. The first-order chi connectivity index (χ1) is 11.6. The molecule has 0 spiro atoms. The van der Waals surface area contributed by atoms with Crippen LogP contribution in [-0.4, -0.2) is 18.7 Å². The Hall–Kier alpha value is -2.12. The van der Waals surface area contributed by atoms with Gasteiger partial charge < -0.3 is 14.2 Å². The number of rotatable bonds is 2. The summed E-state index contributed by atoms with van der Waals surface area (Å²) in [7, 11) is 0. The summed E-state index contributed by atoms with van der Waals surface area (Å²) in [4.78, 5) is 16.4. The summed E-state index contributed by atoms with van der Waals surface area (Å²) >= 11 is 6.83. The van der Waals surface area contributed by atoms with Gasteiger partial charge in [-0.05, 0) is 48.0 Å². The van der Waals surface area contributed by atoms with Crippen molar-refractivity contribution in [1.29, 1.82) is 0 Å². The highest BCUT2D eigenvalue weighted by Gasteiger charge is 2.25. The smallest absolute Gasteiger partial charge is 0.363 e. The van der Waals surface area contributed by atoms with Crippen molar-refractivity contribution < 1.29 is 19.0 Å². The monoisotopic (exact) mass is 449 g/mol. The number of aliphatic imine (C=N–C) groups is 1. The van der Waals surface area contributed by atoms with Crippen molar-refractivity contribution in [3.8, 4) is 11.5 Å². The summed E-state index contributed by atoms with van der Waals surface area (Å²) in [6.07, 6.45) is 1.65. The van der Waals surface area contributed by atoms with E-state index in [-0.39, 0.29) is 18.4 Å². The summed E-state index contributed by atoms with van der Waals surface area (Å²) in [5, 5.41) is 0. The van der Waals surface area contributed by atoms with Gasteiger partial charge in [-0.1, -0.05) is 31.9 Å². The second-order valence-corrected chi connectivity index (χ2v) is 6.84. The van der Waals surface area contributed by atoms with Gasteiger partial charge in [-0.15, -0.1) is 0 Å². The minimum Gasteiger partial charge on any atom is -0.454 e. The molecule has 120 valence electrons. The van der Waals surface area contributed by atoms with Crippen molar-refractivity contribution >= 4 is 49.8 Å². The molecular formula is C17H9Br2NO4. The minimum absolute atomic E-state index is 0.190. The van der Waals surface area contributed by atoms with Gasteiger partial charge in [0.25, 0.3) is 0 Å². The van der Waals surface area contributed by atoms with Gasteiger partial charge >= 0.3 is 5.97 Å². The third-order valence-corrected chi connectivity index (χ3v) is 4.71. The zero-order valence-electron chi connectivity index (χ0n) is 12.1. The van der Waals surface area contributed by atoms with Crippen LogP contribution in [0.3, 0.4) is 0 Å². The van der Waals surface area contributed by atoms with Gasteiger partial charge in [-0.2, -0.15) is 0 Å². The van der Waals surface area contributed by atoms with E-state index in [1.807, 2.05) is 24.3 Å². The van der Waals surface area contributed by atoms with Crippen LogP contribution in [0.4, 0.5) is 0 Å². The molecule has 0 atom stereocenters. The topological polar surface area (TPSA) is 57.1 Å². The van der Waals surface area contributed by atoms with E-state index in [2.05, 4.69) is 36.9 Å². The number of fused-ring (bicyclic) bond motifs is 1. The number of hydrogen-bond donors (Lipinski definition) is 0. The summed E-state index contributed by atoms with van der Waals surface area (Å²) in [5.74, 6) is 1.10. The van der Waals surface area contributed by atoms with E-state index in [0.717, 1.165) is 20.1 Å². The number of esters is 1. The number of benzene rings is 2. The molecular weight excluding hydrogens is 442 g/mol. The first kappa shape index (κ1) is 15.4. The first-order valence-corrected chi connectivity index (χ1v) is 8.56. The number of carbonyl (C=O) groups excluding carboxylic acids is 1. The molecule has 2 aliphatic heterocycles. The summed E-state index contributed by atoms with van der Waals surface area (Å²) in [5.41, 5.74) is 1.72. The predicted molar refractivity (Wildman–Crippen MR) is 95.0 cm³/mol. The van der Waals surface area contributed by atoms with Crippen molar-refractivity contribution in [1.82, 2.24) is 0 Å². The molecule has 0 aromatic heterocycles. The lowest BCUT2D eigenvalue weighted by atomic mass is 10.1. The lowest BCUT2D eigenvalue weighted by Gasteiger charge is -2.02. The van der Waals surface area contributed by atoms with Gasteiger partial charge in [0.05, 0.1) is 0 Å². The molecule has 2 heterocycles. The Bertz CT molecular complexity index is 904. The van der Waals surface area contributed by atoms with E-state index in [1.165, 1.54) is 0 Å². The number of hydrogen-bond acceptors (Lipinski definition) is 5. The van der Waals surface area contributed by atoms with Crippen LogP contribution in [0, 0.1) is 0 Å². The van der Waals surface area contributed by atoms with Gasteiger partial charge in [0.1, 0.15) is 0 Å². The van der Waals surface area contributed by atoms with Crippen molar-refractivity contribution in [2.45, 2.75) is 0 Å². The molecule has 0 N–H and O–H groups in total. The van der Waals surface area contributed by atoms with E-state index in [0.29, 0.717) is 11.5 Å². The Balaban J connectivity index is 1.70. The highest BCUT2D eigenvalue weighted by atomic mass is 79.9. The summed E-state index contributed by atoms with van der Waals surface area (Å²) in [6, 6.07) is 11.0. The number of nitrogens with zero attached hydrogens (tertiary/aromatic N) is 1. The second kappa shape index (κ2) is 6.07. The van der Waals surface area contributed by atoms with E-state index in [9.17, 15) is 4.79 Å². The SMILES string of the molecule is O=C1OC(c2ccc(Br)cc2)=N/C1=C/c1cc2c(cc1Br)OCO2. The normalized spacial score (nSPS) is 17.2. The number of carbonyl (C=O) groups is 1. The molecule has 0 aliphatic carbocycles. The van der Waals surface area contributed by atoms with Crippen LogP contribution in [0.5, 0.6) is 11.5 Å². The van der Waals surface area contributed by atoms with E-state index in [1.54, 1.807) is 18.2 Å². The molecule has 24 heavy (non-hydrogen) atoms. The lowest BCUT2D eigenvalue weighted by molar-refractivity contribution is -0.129. The minimum atomic E-state index is -0.488. The number of ether oxygens (including phenoxy) is 3. The zero-order valence-corrected chi connectivity index (χ0v) is 15.3. The van der Waals surface area contributed by atoms with Crippen LogP contribution >= 0.6 is 31.9 Å². The van der Waals surface area contributed by atoms with Crippen LogP contribution < -0.4 is 9.47 Å². The van der Waals surface area contributed by atoms with Crippen LogP contribution in [-0.2, 0) is 9.53 Å². The molecule has 7 heteroatoms. The first-order valence-electron chi connectivity index (χ1n) is 6.98. The fourth-order valence-electron chi connectivity index (χ4n) is 2.32. The summed E-state index contributed by atoms with van der Waals surface area (Å²) in [6.45, 7) is 0.190. The molecule has 0 bridgehead atoms. The van der Waals surface area contributed by atoms with Crippen LogP contribution in [0.15, 0.2) is 56.0 Å². The third-order valence-electron chi connectivity index (χ3n) is 3.50. The Morgan fingerprint density at radius 2 is 1.75 bits per heavy atom. The van der Waals surface area contributed by atoms with Crippen LogP contribution in [0.2, 0.25) is 0 Å². The van der Waals surface area contributed by atoms with Gasteiger partial charge in [-0.3, -0.25) is 0 Å². The Kier molecular flexibility index (Phi) is 3.90. The lowest BCUT2D eigenvalue weighted by Crippen LogP contribution is -2.05. The average Bonchev–Trinajstić information content (AvgIpc) is 3.15. The molecule has 0 radical (unpaired) electrons. The maximum Gasteiger partial charge on any atom is 0.363 e. The fraction of sp³-hybridized carbons (Fsp3) is 0.0588. The Labute approximate surface area is 154 Å². The van der Waals surface area contributed by atoms with Gasteiger partial charge in [-0.25, -0.2) is 9.79 Å². The Morgan fingerprint density at radius 1 is 1.04 bits per heavy atom. The highest BCUT2D eigenvalue weighted by Crippen LogP contribution is 2.38. The second-order valence-electron chi connectivity index (χ2n) is 5.07. The predicted octanol–water partition coefficient (Wildman–Crippen LogP) is 4.28. The Morgan fingerprint density at radius 3 is 2.50 bits per heavy atom. The largest absolute Gasteiger partial charge is 0.454 e. The summed E-state index contributed by atoms with van der Waals surface area (Å²) < 4.78 is 17.7. The third kappa shape index (κ3) is 2.85. The fourth-order valence-corrected chi connectivity index (χ4v) is 3.02. The molecule has 0 amide bonds. The van der Waals surface area contributed by atoms with Gasteiger partial charge in [0, 0.05) is 14.5 Å². The van der Waals surface area contributed by atoms with E-state index >= 15 is 0 Å². The van der Waals surface area contributed by atoms with E-state index in [4.69, 9.17) is 14.2 Å². The molecule has 4 rings (SSSR count). The number of cyclic esters (lactones) is 1. The van der Waals surface area contributed by atoms with Gasteiger partial charge in [0.2, 0.25) is 12.7 Å². The van der Waals surface area contributed by atoms with E-state index < -0.39 is 5.97 Å². The quantitative estimate of drug-likeness (QED) is 0.506.